The maximum absolute atomic E-state index is 12.8. The molecule has 0 bridgehead atoms. The molecule has 0 aromatic heterocycles. The van der Waals surface area contributed by atoms with Crippen molar-refractivity contribution in [2.45, 2.75) is 30.6 Å². The van der Waals surface area contributed by atoms with E-state index in [4.69, 9.17) is 0 Å². The minimum Gasteiger partial charge on any atom is -0.394 e. The zero-order valence-electron chi connectivity index (χ0n) is 13.8. The Morgan fingerprint density at radius 1 is 1.21 bits per heavy atom. The highest BCUT2D eigenvalue weighted by Gasteiger charge is 2.29. The van der Waals surface area contributed by atoms with Crippen LogP contribution < -0.4 is 5.32 Å². The molecule has 0 spiro atoms. The maximum Gasteiger partial charge on any atom is 0.237 e. The average Bonchev–Trinajstić information content (AvgIpc) is 2.65. The van der Waals surface area contributed by atoms with Crippen molar-refractivity contribution in [1.82, 2.24) is 5.32 Å². The van der Waals surface area contributed by atoms with Gasteiger partial charge in [-0.1, -0.05) is 61.5 Å². The van der Waals surface area contributed by atoms with Gasteiger partial charge in [0.2, 0.25) is 5.91 Å². The molecule has 0 saturated heterocycles. The lowest BCUT2D eigenvalue weighted by Gasteiger charge is -2.29. The van der Waals surface area contributed by atoms with Gasteiger partial charge in [-0.25, -0.2) is 0 Å². The van der Waals surface area contributed by atoms with Crippen LogP contribution in [0.25, 0.3) is 0 Å². The second-order valence-electron chi connectivity index (χ2n) is 6.20. The van der Waals surface area contributed by atoms with Gasteiger partial charge in [-0.15, -0.1) is 11.8 Å². The first-order chi connectivity index (χ1) is 11.7. The highest BCUT2D eigenvalue weighted by atomic mass is 32.2. The topological polar surface area (TPSA) is 49.3 Å². The molecular weight excluding hydrogens is 318 g/mol. The molecule has 1 aliphatic rings. The number of fused-ring (bicyclic) bond motifs is 1. The number of hydrogen-bond acceptors (Lipinski definition) is 3. The lowest BCUT2D eigenvalue weighted by Crippen LogP contribution is -2.43. The molecule has 4 heteroatoms. The van der Waals surface area contributed by atoms with Gasteiger partial charge < -0.3 is 10.4 Å². The first kappa shape index (κ1) is 17.1. The summed E-state index contributed by atoms with van der Waals surface area (Å²) in [6.07, 6.45) is 1.01. The van der Waals surface area contributed by atoms with Crippen LogP contribution in [-0.4, -0.2) is 29.4 Å². The molecule has 1 aliphatic heterocycles. The molecular formula is C20H23NO2S. The standard InChI is InChI=1S/C20H23NO2S/c1-14(15-7-3-2-4-8-15)18(13-22)21-20(23)19-17-10-6-5-9-16(17)11-12-24-19/h2-10,14,18-19,22H,11-13H2,1H3,(H,21,23). The largest absolute Gasteiger partial charge is 0.394 e. The predicted octanol–water partition coefficient (Wildman–Crippen LogP) is 3.30. The summed E-state index contributed by atoms with van der Waals surface area (Å²) < 4.78 is 0. The van der Waals surface area contributed by atoms with Crippen LogP contribution in [0.2, 0.25) is 0 Å². The lowest BCUT2D eigenvalue weighted by molar-refractivity contribution is -0.121. The summed E-state index contributed by atoms with van der Waals surface area (Å²) in [5.74, 6) is 1.01. The first-order valence-corrected chi connectivity index (χ1v) is 9.41. The summed E-state index contributed by atoms with van der Waals surface area (Å²) in [7, 11) is 0. The molecule has 2 aromatic rings. The molecule has 3 nitrogen and oxygen atoms in total. The van der Waals surface area contributed by atoms with Crippen LogP contribution in [0.1, 0.15) is 34.8 Å². The Hall–Kier alpha value is -1.78. The van der Waals surface area contributed by atoms with Crippen LogP contribution in [0.3, 0.4) is 0 Å². The molecule has 3 atom stereocenters. The molecule has 2 aromatic carbocycles. The Bertz CT molecular complexity index is 689. The molecule has 3 unspecified atom stereocenters. The molecule has 126 valence electrons. The van der Waals surface area contributed by atoms with Crippen LogP contribution in [0.4, 0.5) is 0 Å². The maximum atomic E-state index is 12.8. The molecule has 3 rings (SSSR count). The molecule has 0 fully saturated rings. The van der Waals surface area contributed by atoms with Crippen molar-refractivity contribution in [2.75, 3.05) is 12.4 Å². The third-order valence-electron chi connectivity index (χ3n) is 4.68. The van der Waals surface area contributed by atoms with E-state index in [9.17, 15) is 9.90 Å². The predicted molar refractivity (Wildman–Crippen MR) is 99.2 cm³/mol. The normalized spacial score (nSPS) is 19.2. The second kappa shape index (κ2) is 7.86. The fourth-order valence-electron chi connectivity index (χ4n) is 3.19. The van der Waals surface area contributed by atoms with Crippen LogP contribution in [0.15, 0.2) is 54.6 Å². The monoisotopic (exact) mass is 341 g/mol. The SMILES string of the molecule is CC(c1ccccc1)C(CO)NC(=O)C1SCCc2ccccc21. The van der Waals surface area contributed by atoms with E-state index < -0.39 is 0 Å². The van der Waals surface area contributed by atoms with E-state index in [0.717, 1.165) is 23.3 Å². The summed E-state index contributed by atoms with van der Waals surface area (Å²) >= 11 is 1.68. The summed E-state index contributed by atoms with van der Waals surface area (Å²) in [6.45, 7) is 1.97. The molecule has 0 aliphatic carbocycles. The molecule has 0 radical (unpaired) electrons. The van der Waals surface area contributed by atoms with Gasteiger partial charge in [-0.05, 0) is 28.9 Å². The Labute approximate surface area is 147 Å². The highest BCUT2D eigenvalue weighted by molar-refractivity contribution is 8.00. The summed E-state index contributed by atoms with van der Waals surface area (Å²) in [5.41, 5.74) is 3.48. The van der Waals surface area contributed by atoms with Gasteiger partial charge in [0.15, 0.2) is 0 Å². The van der Waals surface area contributed by atoms with Gasteiger partial charge in [0.1, 0.15) is 5.25 Å². The van der Waals surface area contributed by atoms with E-state index in [1.54, 1.807) is 11.8 Å². The number of amides is 1. The van der Waals surface area contributed by atoms with E-state index in [0.29, 0.717) is 0 Å². The minimum atomic E-state index is -0.283. The Balaban J connectivity index is 1.74. The van der Waals surface area contributed by atoms with Gasteiger partial charge in [-0.2, -0.15) is 0 Å². The fraction of sp³-hybridized carbons (Fsp3) is 0.350. The Morgan fingerprint density at radius 3 is 2.67 bits per heavy atom. The first-order valence-electron chi connectivity index (χ1n) is 8.36. The number of thioether (sulfide) groups is 1. The van der Waals surface area contributed by atoms with Crippen LogP contribution in [-0.2, 0) is 11.2 Å². The molecule has 0 saturated carbocycles. The fourth-order valence-corrected chi connectivity index (χ4v) is 4.39. The smallest absolute Gasteiger partial charge is 0.237 e. The van der Waals surface area contributed by atoms with Crippen molar-refractivity contribution in [1.29, 1.82) is 0 Å². The highest BCUT2D eigenvalue weighted by Crippen LogP contribution is 2.37. The number of aliphatic hydroxyl groups excluding tert-OH is 1. The molecule has 1 heterocycles. The number of aryl methyl sites for hydroxylation is 1. The number of carbonyl (C=O) groups excluding carboxylic acids is 1. The number of hydrogen-bond donors (Lipinski definition) is 2. The summed E-state index contributed by atoms with van der Waals surface area (Å²) in [6, 6.07) is 17.9. The average molecular weight is 341 g/mol. The van der Waals surface area contributed by atoms with Crippen molar-refractivity contribution < 1.29 is 9.90 Å². The van der Waals surface area contributed by atoms with Gasteiger partial charge in [-0.3, -0.25) is 4.79 Å². The van der Waals surface area contributed by atoms with Crippen LogP contribution >= 0.6 is 11.8 Å². The number of benzene rings is 2. The van der Waals surface area contributed by atoms with Crippen LogP contribution in [0.5, 0.6) is 0 Å². The lowest BCUT2D eigenvalue weighted by atomic mass is 9.93. The number of aliphatic hydroxyl groups is 1. The number of nitrogens with one attached hydrogen (secondary N) is 1. The zero-order chi connectivity index (χ0) is 16.9. The quantitative estimate of drug-likeness (QED) is 0.877. The van der Waals surface area contributed by atoms with E-state index in [1.807, 2.05) is 55.5 Å². The molecule has 24 heavy (non-hydrogen) atoms. The number of rotatable bonds is 5. The van der Waals surface area contributed by atoms with E-state index in [1.165, 1.54) is 5.56 Å². The van der Waals surface area contributed by atoms with Gasteiger partial charge in [0, 0.05) is 5.92 Å². The molecule has 2 N–H and O–H groups in total. The van der Waals surface area contributed by atoms with Crippen molar-refractivity contribution in [3.63, 3.8) is 0 Å². The van der Waals surface area contributed by atoms with E-state index in [2.05, 4.69) is 11.4 Å². The molecule has 1 amide bonds. The van der Waals surface area contributed by atoms with E-state index in [-0.39, 0.29) is 29.7 Å². The Kier molecular flexibility index (Phi) is 5.59. The van der Waals surface area contributed by atoms with E-state index >= 15 is 0 Å². The number of carbonyl (C=O) groups is 1. The van der Waals surface area contributed by atoms with Gasteiger partial charge in [0.05, 0.1) is 12.6 Å². The van der Waals surface area contributed by atoms with Crippen molar-refractivity contribution in [3.05, 3.63) is 71.3 Å². The third-order valence-corrected chi connectivity index (χ3v) is 5.93. The second-order valence-corrected chi connectivity index (χ2v) is 7.41. The summed E-state index contributed by atoms with van der Waals surface area (Å²) in [4.78, 5) is 12.8. The summed E-state index contributed by atoms with van der Waals surface area (Å²) in [5, 5.41) is 12.7. The van der Waals surface area contributed by atoms with Crippen molar-refractivity contribution >= 4 is 17.7 Å². The van der Waals surface area contributed by atoms with Crippen LogP contribution in [0, 0.1) is 0 Å². The Morgan fingerprint density at radius 2 is 1.92 bits per heavy atom. The van der Waals surface area contributed by atoms with Crippen molar-refractivity contribution in [2.24, 2.45) is 0 Å². The van der Waals surface area contributed by atoms with Crippen molar-refractivity contribution in [3.8, 4) is 0 Å². The minimum absolute atomic E-state index is 0.00557. The zero-order valence-corrected chi connectivity index (χ0v) is 14.6. The van der Waals surface area contributed by atoms with Gasteiger partial charge >= 0.3 is 0 Å². The third kappa shape index (κ3) is 3.65. The van der Waals surface area contributed by atoms with Gasteiger partial charge in [0.25, 0.3) is 0 Å².